The van der Waals surface area contributed by atoms with Crippen LogP contribution in [0.25, 0.3) is 0 Å². The molecule has 0 unspecified atom stereocenters. The quantitative estimate of drug-likeness (QED) is 0.428. The minimum absolute atomic E-state index is 0.0517. The van der Waals surface area contributed by atoms with Gasteiger partial charge in [0.05, 0.1) is 13.0 Å². The third kappa shape index (κ3) is 5.30. The van der Waals surface area contributed by atoms with Crippen LogP contribution >= 0.6 is 23.1 Å². The van der Waals surface area contributed by atoms with Crippen molar-refractivity contribution >= 4 is 34.1 Å². The Balaban J connectivity index is 1.59. The first-order valence-corrected chi connectivity index (χ1v) is 10.4. The Kier molecular flexibility index (Phi) is 6.84. The zero-order valence-electron chi connectivity index (χ0n) is 15.2. The molecule has 0 radical (unpaired) electrons. The fourth-order valence-electron chi connectivity index (χ4n) is 2.68. The topological polar surface area (TPSA) is 64.1 Å². The van der Waals surface area contributed by atoms with Crippen molar-refractivity contribution in [1.29, 1.82) is 0 Å². The van der Waals surface area contributed by atoms with E-state index in [1.54, 1.807) is 18.9 Å². The van der Waals surface area contributed by atoms with Gasteiger partial charge in [-0.3, -0.25) is 10.1 Å². The van der Waals surface area contributed by atoms with Crippen molar-refractivity contribution in [3.05, 3.63) is 65.7 Å². The van der Waals surface area contributed by atoms with Crippen LogP contribution in [0.1, 0.15) is 30.4 Å². The predicted octanol–water partition coefficient (Wildman–Crippen LogP) is 4.97. The van der Waals surface area contributed by atoms with E-state index in [-0.39, 0.29) is 11.8 Å². The highest BCUT2D eigenvalue weighted by molar-refractivity contribution is 8.00. The molecule has 1 heterocycles. The Morgan fingerprint density at radius 3 is 2.74 bits per heavy atom. The van der Waals surface area contributed by atoms with Gasteiger partial charge >= 0.3 is 0 Å². The fraction of sp³-hybridized carbons (Fsp3) is 0.250. The number of anilines is 1. The van der Waals surface area contributed by atoms with Crippen LogP contribution in [0.15, 0.2) is 58.9 Å². The maximum Gasteiger partial charge on any atom is 0.233 e. The van der Waals surface area contributed by atoms with Gasteiger partial charge in [-0.25, -0.2) is 0 Å². The van der Waals surface area contributed by atoms with Gasteiger partial charge in [0, 0.05) is 5.75 Å². The molecule has 0 spiro atoms. The van der Waals surface area contributed by atoms with E-state index in [1.165, 1.54) is 11.3 Å². The minimum Gasteiger partial charge on any atom is -0.497 e. The summed E-state index contributed by atoms with van der Waals surface area (Å²) in [5.74, 6) is 1.36. The number of nitrogens with zero attached hydrogens (tertiary/aromatic N) is 2. The third-order valence-electron chi connectivity index (χ3n) is 4.06. The average Bonchev–Trinajstić information content (AvgIpc) is 3.15. The number of nitrogens with one attached hydrogen (secondary N) is 1. The van der Waals surface area contributed by atoms with E-state index in [4.69, 9.17) is 4.74 Å². The molecular weight excluding hydrogens is 378 g/mol. The Labute approximate surface area is 167 Å². The van der Waals surface area contributed by atoms with Crippen LogP contribution in [0.2, 0.25) is 0 Å². The number of hydrogen-bond donors (Lipinski definition) is 1. The Bertz CT molecular complexity index is 884. The number of hydrogen-bond acceptors (Lipinski definition) is 6. The summed E-state index contributed by atoms with van der Waals surface area (Å²) in [6.45, 7) is 2.01. The first-order valence-electron chi connectivity index (χ1n) is 8.64. The van der Waals surface area contributed by atoms with Gasteiger partial charge in [-0.15, -0.1) is 10.2 Å². The monoisotopic (exact) mass is 399 g/mol. The Morgan fingerprint density at radius 1 is 1.19 bits per heavy atom. The lowest BCUT2D eigenvalue weighted by Crippen LogP contribution is -2.20. The van der Waals surface area contributed by atoms with Crippen LogP contribution in [0, 0.1) is 0 Å². The van der Waals surface area contributed by atoms with Crippen LogP contribution < -0.4 is 10.1 Å². The number of rotatable bonds is 8. The number of aromatic nitrogens is 2. The maximum absolute atomic E-state index is 12.6. The van der Waals surface area contributed by atoms with E-state index in [0.29, 0.717) is 5.13 Å². The number of amides is 1. The normalized spacial score (nSPS) is 11.8. The summed E-state index contributed by atoms with van der Waals surface area (Å²) in [6, 6.07) is 17.7. The fourth-order valence-corrected chi connectivity index (χ4v) is 4.37. The molecule has 1 N–H and O–H groups in total. The molecule has 0 bridgehead atoms. The summed E-state index contributed by atoms with van der Waals surface area (Å²) in [4.78, 5) is 12.6. The molecule has 5 nitrogen and oxygen atoms in total. The highest BCUT2D eigenvalue weighted by Gasteiger charge is 2.20. The number of methoxy groups -OCH3 is 1. The Hall–Kier alpha value is -2.38. The molecule has 2 aromatic carbocycles. The summed E-state index contributed by atoms with van der Waals surface area (Å²) in [6.07, 6.45) is 0.728. The molecule has 1 atom stereocenters. The molecule has 7 heteroatoms. The number of carbonyl (C=O) groups is 1. The van der Waals surface area contributed by atoms with E-state index in [2.05, 4.69) is 15.5 Å². The predicted molar refractivity (Wildman–Crippen MR) is 111 cm³/mol. The van der Waals surface area contributed by atoms with Gasteiger partial charge in [-0.1, -0.05) is 72.5 Å². The first-order chi connectivity index (χ1) is 13.2. The highest BCUT2D eigenvalue weighted by atomic mass is 32.2. The SMILES string of the molecule is CC[C@@H](C(=O)Nc1nnc(SCc2cccc(OC)c2)s1)c1ccccc1. The second-order valence-electron chi connectivity index (χ2n) is 5.87. The number of ether oxygens (including phenoxy) is 1. The second-order valence-corrected chi connectivity index (χ2v) is 8.07. The van der Waals surface area contributed by atoms with Gasteiger partial charge in [-0.2, -0.15) is 0 Å². The number of benzene rings is 2. The standard InChI is InChI=1S/C20H21N3O2S2/c1-3-17(15-9-5-4-6-10-15)18(24)21-19-22-23-20(27-19)26-13-14-8-7-11-16(12-14)25-2/h4-12,17H,3,13H2,1-2H3,(H,21,22,24)/t17-/m1/s1. The van der Waals surface area contributed by atoms with Crippen LogP contribution in [0.4, 0.5) is 5.13 Å². The molecule has 27 heavy (non-hydrogen) atoms. The van der Waals surface area contributed by atoms with E-state index in [9.17, 15) is 4.79 Å². The zero-order valence-corrected chi connectivity index (χ0v) is 16.8. The molecule has 0 aliphatic carbocycles. The molecule has 1 amide bonds. The average molecular weight is 400 g/mol. The van der Waals surface area contributed by atoms with Crippen molar-refractivity contribution in [2.75, 3.05) is 12.4 Å². The molecule has 3 rings (SSSR count). The summed E-state index contributed by atoms with van der Waals surface area (Å²) in [5, 5.41) is 11.7. The molecular formula is C20H21N3O2S2. The van der Waals surface area contributed by atoms with Crippen LogP contribution in [0.3, 0.4) is 0 Å². The van der Waals surface area contributed by atoms with Gasteiger partial charge in [-0.05, 0) is 29.7 Å². The van der Waals surface area contributed by atoms with Crippen LogP contribution in [0.5, 0.6) is 5.75 Å². The maximum atomic E-state index is 12.6. The van der Waals surface area contributed by atoms with Gasteiger partial charge in [0.2, 0.25) is 11.0 Å². The van der Waals surface area contributed by atoms with Crippen LogP contribution in [-0.2, 0) is 10.5 Å². The highest BCUT2D eigenvalue weighted by Crippen LogP contribution is 2.30. The molecule has 0 aliphatic rings. The largest absolute Gasteiger partial charge is 0.497 e. The van der Waals surface area contributed by atoms with Crippen molar-refractivity contribution in [1.82, 2.24) is 10.2 Å². The molecule has 0 aliphatic heterocycles. The summed E-state index contributed by atoms with van der Waals surface area (Å²) < 4.78 is 6.06. The van der Waals surface area contributed by atoms with Gasteiger partial charge in [0.25, 0.3) is 0 Å². The van der Waals surface area contributed by atoms with E-state index in [1.807, 2.05) is 61.5 Å². The lowest BCUT2D eigenvalue weighted by molar-refractivity contribution is -0.117. The van der Waals surface area contributed by atoms with Crippen molar-refractivity contribution < 1.29 is 9.53 Å². The second kappa shape index (κ2) is 9.53. The van der Waals surface area contributed by atoms with Crippen molar-refractivity contribution in [2.45, 2.75) is 29.4 Å². The van der Waals surface area contributed by atoms with E-state index < -0.39 is 0 Å². The lowest BCUT2D eigenvalue weighted by atomic mass is 9.96. The molecule has 3 aromatic rings. The van der Waals surface area contributed by atoms with Crippen LogP contribution in [-0.4, -0.2) is 23.2 Å². The minimum atomic E-state index is -0.192. The molecule has 0 fully saturated rings. The van der Waals surface area contributed by atoms with Crippen molar-refractivity contribution in [3.63, 3.8) is 0 Å². The van der Waals surface area contributed by atoms with Crippen molar-refractivity contribution in [3.8, 4) is 5.75 Å². The third-order valence-corrected chi connectivity index (χ3v) is 6.10. The van der Waals surface area contributed by atoms with E-state index in [0.717, 1.165) is 33.4 Å². The van der Waals surface area contributed by atoms with Crippen molar-refractivity contribution in [2.24, 2.45) is 0 Å². The van der Waals surface area contributed by atoms with Gasteiger partial charge in [0.1, 0.15) is 5.75 Å². The van der Waals surface area contributed by atoms with Gasteiger partial charge in [0.15, 0.2) is 4.34 Å². The first kappa shape index (κ1) is 19.4. The summed E-state index contributed by atoms with van der Waals surface area (Å²) in [5.41, 5.74) is 2.16. The van der Waals surface area contributed by atoms with Gasteiger partial charge < -0.3 is 4.74 Å². The summed E-state index contributed by atoms with van der Waals surface area (Å²) in [7, 11) is 1.66. The number of carbonyl (C=O) groups excluding carboxylic acids is 1. The van der Waals surface area contributed by atoms with E-state index >= 15 is 0 Å². The smallest absolute Gasteiger partial charge is 0.233 e. The lowest BCUT2D eigenvalue weighted by Gasteiger charge is -2.13. The number of thioether (sulfide) groups is 1. The zero-order chi connectivity index (χ0) is 19.1. The summed E-state index contributed by atoms with van der Waals surface area (Å²) >= 11 is 2.98. The molecule has 1 aromatic heterocycles. The molecule has 0 saturated heterocycles. The molecule has 0 saturated carbocycles. The molecule has 140 valence electrons. The Morgan fingerprint density at radius 2 is 2.00 bits per heavy atom.